The number of rotatable bonds is 2. The Hall–Kier alpha value is -2.74. The quantitative estimate of drug-likeness (QED) is 0.432. The van der Waals surface area contributed by atoms with E-state index in [4.69, 9.17) is 0 Å². The minimum Gasteiger partial charge on any atom is -0.236 e. The second kappa shape index (κ2) is 5.72. The molecule has 1 heterocycles. The summed E-state index contributed by atoms with van der Waals surface area (Å²) in [6.45, 7) is 6.58. The van der Waals surface area contributed by atoms with Crippen molar-refractivity contribution in [2.75, 3.05) is 0 Å². The number of aryl methyl sites for hydroxylation is 1. The van der Waals surface area contributed by atoms with Crippen molar-refractivity contribution < 1.29 is 0 Å². The van der Waals surface area contributed by atoms with Crippen molar-refractivity contribution in [2.45, 2.75) is 26.7 Å². The first-order valence-corrected chi connectivity index (χ1v) is 8.38. The zero-order valence-electron chi connectivity index (χ0n) is 14.2. The molecule has 0 spiro atoms. The zero-order chi connectivity index (χ0) is 16.7. The molecule has 2 heteroatoms. The summed E-state index contributed by atoms with van der Waals surface area (Å²) in [6.07, 6.45) is 1.69. The van der Waals surface area contributed by atoms with Crippen molar-refractivity contribution in [3.63, 3.8) is 0 Å². The van der Waals surface area contributed by atoms with Crippen LogP contribution in [0.2, 0.25) is 0 Å². The topological polar surface area (TPSA) is 25.8 Å². The van der Waals surface area contributed by atoms with Crippen LogP contribution in [-0.2, 0) is 0 Å². The van der Waals surface area contributed by atoms with Crippen LogP contribution in [-0.4, -0.2) is 9.97 Å². The normalized spacial score (nSPS) is 11.5. The van der Waals surface area contributed by atoms with Crippen molar-refractivity contribution in [3.05, 3.63) is 72.1 Å². The van der Waals surface area contributed by atoms with Gasteiger partial charge in [0.05, 0.1) is 11.2 Å². The predicted molar refractivity (Wildman–Crippen MR) is 101 cm³/mol. The first-order chi connectivity index (χ1) is 11.6. The molecule has 4 aromatic rings. The Morgan fingerprint density at radius 3 is 2.50 bits per heavy atom. The van der Waals surface area contributed by atoms with E-state index >= 15 is 0 Å². The highest BCUT2D eigenvalue weighted by Gasteiger charge is 2.13. The first-order valence-electron chi connectivity index (χ1n) is 8.38. The van der Waals surface area contributed by atoms with Crippen molar-refractivity contribution in [3.8, 4) is 11.3 Å². The van der Waals surface area contributed by atoms with Crippen LogP contribution in [0.25, 0.3) is 32.9 Å². The molecule has 0 aliphatic heterocycles. The van der Waals surface area contributed by atoms with Crippen LogP contribution < -0.4 is 0 Å². The van der Waals surface area contributed by atoms with Crippen LogP contribution in [0.3, 0.4) is 0 Å². The maximum absolute atomic E-state index is 4.65. The molecule has 0 fully saturated rings. The molecule has 3 aromatic carbocycles. The number of aromatic nitrogens is 2. The van der Waals surface area contributed by atoms with Crippen LogP contribution in [0.15, 0.2) is 60.9 Å². The number of nitrogens with zero attached hydrogens (tertiary/aromatic N) is 2. The van der Waals surface area contributed by atoms with E-state index in [1.165, 1.54) is 21.9 Å². The molecule has 0 N–H and O–H groups in total. The Balaban J connectivity index is 2.11. The Labute approximate surface area is 142 Å². The van der Waals surface area contributed by atoms with Gasteiger partial charge in [-0.25, -0.2) is 9.97 Å². The highest BCUT2D eigenvalue weighted by molar-refractivity contribution is 6.10. The zero-order valence-corrected chi connectivity index (χ0v) is 14.2. The summed E-state index contributed by atoms with van der Waals surface area (Å²) in [5.41, 5.74) is 5.77. The van der Waals surface area contributed by atoms with E-state index in [-0.39, 0.29) is 0 Å². The molecule has 4 rings (SSSR count). The van der Waals surface area contributed by atoms with Gasteiger partial charge in [-0.05, 0) is 35.9 Å². The van der Waals surface area contributed by atoms with Gasteiger partial charge in [-0.3, -0.25) is 0 Å². The minimum atomic E-state index is 0.455. The average Bonchev–Trinajstić information content (AvgIpc) is 2.60. The van der Waals surface area contributed by atoms with Gasteiger partial charge in [0.25, 0.3) is 0 Å². The molecule has 0 aliphatic carbocycles. The van der Waals surface area contributed by atoms with Gasteiger partial charge in [0, 0.05) is 16.3 Å². The lowest BCUT2D eigenvalue weighted by molar-refractivity contribution is 0.877. The molecule has 0 bridgehead atoms. The van der Waals surface area contributed by atoms with E-state index < -0.39 is 0 Å². The third-order valence-corrected chi connectivity index (χ3v) is 4.59. The maximum Gasteiger partial charge on any atom is 0.116 e. The molecule has 0 amide bonds. The summed E-state index contributed by atoms with van der Waals surface area (Å²) >= 11 is 0. The minimum absolute atomic E-state index is 0.455. The maximum atomic E-state index is 4.65. The number of hydrogen-bond acceptors (Lipinski definition) is 2. The van der Waals surface area contributed by atoms with Gasteiger partial charge in [0.15, 0.2) is 0 Å². The van der Waals surface area contributed by atoms with Gasteiger partial charge >= 0.3 is 0 Å². The van der Waals surface area contributed by atoms with Crippen molar-refractivity contribution >= 4 is 21.7 Å². The second-order valence-corrected chi connectivity index (χ2v) is 6.65. The fourth-order valence-electron chi connectivity index (χ4n) is 3.43. The van der Waals surface area contributed by atoms with Crippen LogP contribution >= 0.6 is 0 Å². The summed E-state index contributed by atoms with van der Waals surface area (Å²) in [4.78, 5) is 9.24. The van der Waals surface area contributed by atoms with E-state index in [0.29, 0.717) is 5.92 Å². The van der Waals surface area contributed by atoms with E-state index in [2.05, 4.69) is 85.3 Å². The highest BCUT2D eigenvalue weighted by Crippen LogP contribution is 2.34. The van der Waals surface area contributed by atoms with E-state index in [1.807, 2.05) is 0 Å². The number of fused-ring (bicyclic) bond motifs is 3. The van der Waals surface area contributed by atoms with Crippen molar-refractivity contribution in [1.29, 1.82) is 0 Å². The standard InChI is InChI=1S/C22H20N2/c1-14(2)18-9-5-7-16-10-11-19-21(17-8-4-6-15(3)12-17)23-13-24-22(19)20(16)18/h4-14H,1-3H3. The van der Waals surface area contributed by atoms with Crippen molar-refractivity contribution in [1.82, 2.24) is 9.97 Å². The van der Waals surface area contributed by atoms with Crippen LogP contribution in [0.1, 0.15) is 30.9 Å². The lowest BCUT2D eigenvalue weighted by atomic mass is 9.93. The SMILES string of the molecule is Cc1cccc(-c2ncnc3c2ccc2cccc(C(C)C)c23)c1. The number of hydrogen-bond donors (Lipinski definition) is 0. The molecule has 0 radical (unpaired) electrons. The smallest absolute Gasteiger partial charge is 0.116 e. The third-order valence-electron chi connectivity index (χ3n) is 4.59. The highest BCUT2D eigenvalue weighted by atomic mass is 14.8. The van der Waals surface area contributed by atoms with Crippen LogP contribution in [0.4, 0.5) is 0 Å². The van der Waals surface area contributed by atoms with Gasteiger partial charge in [-0.15, -0.1) is 0 Å². The molecule has 24 heavy (non-hydrogen) atoms. The summed E-state index contributed by atoms with van der Waals surface area (Å²) < 4.78 is 0. The second-order valence-electron chi connectivity index (χ2n) is 6.65. The van der Waals surface area contributed by atoms with Crippen LogP contribution in [0, 0.1) is 6.92 Å². The molecule has 0 aliphatic rings. The van der Waals surface area contributed by atoms with E-state index in [0.717, 1.165) is 22.2 Å². The van der Waals surface area contributed by atoms with E-state index in [1.54, 1.807) is 6.33 Å². The molecule has 2 nitrogen and oxygen atoms in total. The largest absolute Gasteiger partial charge is 0.236 e. The van der Waals surface area contributed by atoms with Gasteiger partial charge in [-0.1, -0.05) is 61.9 Å². The third kappa shape index (κ3) is 2.35. The molecule has 1 aromatic heterocycles. The summed E-state index contributed by atoms with van der Waals surface area (Å²) in [5.74, 6) is 0.455. The average molecular weight is 312 g/mol. The Morgan fingerprint density at radius 2 is 1.71 bits per heavy atom. The fourth-order valence-corrected chi connectivity index (χ4v) is 3.43. The monoisotopic (exact) mass is 312 g/mol. The summed E-state index contributed by atoms with van der Waals surface area (Å²) in [6, 6.07) is 19.3. The molecular weight excluding hydrogens is 292 g/mol. The predicted octanol–water partition coefficient (Wildman–Crippen LogP) is 5.88. The Morgan fingerprint density at radius 1 is 0.875 bits per heavy atom. The molecular formula is C22H20N2. The lowest BCUT2D eigenvalue weighted by Gasteiger charge is -2.13. The summed E-state index contributed by atoms with van der Waals surface area (Å²) in [5, 5.41) is 3.60. The first kappa shape index (κ1) is 14.8. The Kier molecular flexibility index (Phi) is 3.53. The number of benzene rings is 3. The molecule has 118 valence electrons. The molecule has 0 atom stereocenters. The molecule has 0 saturated heterocycles. The molecule has 0 unspecified atom stereocenters. The van der Waals surface area contributed by atoms with Gasteiger partial charge in [-0.2, -0.15) is 0 Å². The van der Waals surface area contributed by atoms with Crippen LogP contribution in [0.5, 0.6) is 0 Å². The molecule has 0 saturated carbocycles. The van der Waals surface area contributed by atoms with Gasteiger partial charge in [0.1, 0.15) is 6.33 Å². The summed E-state index contributed by atoms with van der Waals surface area (Å²) in [7, 11) is 0. The van der Waals surface area contributed by atoms with Crippen molar-refractivity contribution in [2.24, 2.45) is 0 Å². The van der Waals surface area contributed by atoms with Gasteiger partial charge in [0.2, 0.25) is 0 Å². The fraction of sp³-hybridized carbons (Fsp3) is 0.182. The van der Waals surface area contributed by atoms with Gasteiger partial charge < -0.3 is 0 Å². The Bertz CT molecular complexity index is 1050. The van der Waals surface area contributed by atoms with E-state index in [9.17, 15) is 0 Å². The lowest BCUT2D eigenvalue weighted by Crippen LogP contribution is -1.94.